The van der Waals surface area contributed by atoms with Gasteiger partial charge in [-0.3, -0.25) is 4.90 Å². The predicted molar refractivity (Wildman–Crippen MR) is 115 cm³/mol. The molecule has 2 atom stereocenters. The maximum absolute atomic E-state index is 12.7. The molecule has 7 nitrogen and oxygen atoms in total. The van der Waals surface area contributed by atoms with E-state index < -0.39 is 12.1 Å². The molecule has 3 aliphatic carbocycles. The minimum Gasteiger partial charge on any atom is -0.402 e. The molecule has 3 saturated carbocycles. The number of nitrogen functional groups attached to an aromatic ring is 1. The molecule has 6 rings (SSSR count). The zero-order valence-electron chi connectivity index (χ0n) is 18.3. The number of pyridine rings is 1. The summed E-state index contributed by atoms with van der Waals surface area (Å²) in [7, 11) is 0. The van der Waals surface area contributed by atoms with Gasteiger partial charge in [-0.25, -0.2) is 9.97 Å². The lowest BCUT2D eigenvalue weighted by Gasteiger charge is -2.29. The normalized spacial score (nSPS) is 30.2. The van der Waals surface area contributed by atoms with Crippen molar-refractivity contribution in [1.29, 1.82) is 0 Å². The molecule has 0 radical (unpaired) electrons. The van der Waals surface area contributed by atoms with Gasteiger partial charge in [-0.2, -0.15) is 0 Å². The standard InChI is InChI=1S/C23H28F3N5O2/c24-23(25,26)33-19-8-14(11-28-21(19)27)18-12-31(22(29-18)13-2-3-13)20-16-9-15(10-17(16)20)30-4-1-6-32-7-5-30/h8,11-13,15-17,20H,1-7,9-10H2,(H2,27,28). The van der Waals surface area contributed by atoms with Gasteiger partial charge >= 0.3 is 6.36 Å². The van der Waals surface area contributed by atoms with Gasteiger partial charge in [-0.15, -0.1) is 13.2 Å². The number of ether oxygens (including phenoxy) is 2. The fourth-order valence-electron chi connectivity index (χ4n) is 5.85. The second kappa shape index (κ2) is 7.87. The van der Waals surface area contributed by atoms with Crippen molar-refractivity contribution in [2.45, 2.75) is 56.5 Å². The molecular formula is C23H28F3N5O2. The van der Waals surface area contributed by atoms with Crippen molar-refractivity contribution >= 4 is 5.82 Å². The van der Waals surface area contributed by atoms with Crippen molar-refractivity contribution in [2.24, 2.45) is 11.8 Å². The molecule has 2 N–H and O–H groups in total. The Balaban J connectivity index is 1.22. The van der Waals surface area contributed by atoms with Gasteiger partial charge in [0.25, 0.3) is 0 Å². The van der Waals surface area contributed by atoms with E-state index >= 15 is 0 Å². The Labute approximate surface area is 190 Å². The maximum Gasteiger partial charge on any atom is 0.573 e. The predicted octanol–water partition coefficient (Wildman–Crippen LogP) is 3.98. The quantitative estimate of drug-likeness (QED) is 0.723. The Morgan fingerprint density at radius 2 is 1.91 bits per heavy atom. The number of nitrogens with two attached hydrogens (primary N) is 1. The third-order valence-corrected chi connectivity index (χ3v) is 7.58. The molecule has 1 aliphatic heterocycles. The summed E-state index contributed by atoms with van der Waals surface area (Å²) in [6.07, 6.45) is 4.34. The van der Waals surface area contributed by atoms with Gasteiger partial charge in [0.05, 0.1) is 12.3 Å². The van der Waals surface area contributed by atoms with Crippen LogP contribution in [-0.4, -0.2) is 58.1 Å². The molecule has 3 heterocycles. The van der Waals surface area contributed by atoms with E-state index in [0.717, 1.165) is 51.4 Å². The molecule has 1 saturated heterocycles. The molecular weight excluding hydrogens is 435 g/mol. The molecule has 33 heavy (non-hydrogen) atoms. The van der Waals surface area contributed by atoms with Crippen molar-refractivity contribution in [3.05, 3.63) is 24.3 Å². The molecule has 0 aromatic carbocycles. The molecule has 0 spiro atoms. The number of imidazole rings is 1. The van der Waals surface area contributed by atoms with Crippen LogP contribution in [0, 0.1) is 11.8 Å². The third kappa shape index (κ3) is 4.19. The summed E-state index contributed by atoms with van der Waals surface area (Å²) in [4.78, 5) is 11.3. The van der Waals surface area contributed by atoms with Gasteiger partial charge < -0.3 is 19.8 Å². The Bertz CT molecular complexity index is 1020. The molecule has 178 valence electrons. The minimum atomic E-state index is -4.82. The first-order valence-corrected chi connectivity index (χ1v) is 11.8. The molecule has 10 heteroatoms. The number of nitrogens with zero attached hydrogens (tertiary/aromatic N) is 4. The molecule has 2 unspecified atom stereocenters. The van der Waals surface area contributed by atoms with Crippen molar-refractivity contribution in [1.82, 2.24) is 19.4 Å². The molecule has 4 fully saturated rings. The van der Waals surface area contributed by atoms with Crippen LogP contribution < -0.4 is 10.5 Å². The second-order valence-corrected chi connectivity index (χ2v) is 9.77. The van der Waals surface area contributed by atoms with Gasteiger partial charge in [0, 0.05) is 55.7 Å². The van der Waals surface area contributed by atoms with Gasteiger partial charge in [0.15, 0.2) is 11.6 Å². The van der Waals surface area contributed by atoms with Gasteiger partial charge in [0.1, 0.15) is 5.82 Å². The van der Waals surface area contributed by atoms with Crippen LogP contribution in [0.2, 0.25) is 0 Å². The smallest absolute Gasteiger partial charge is 0.402 e. The van der Waals surface area contributed by atoms with Crippen LogP contribution in [0.3, 0.4) is 0 Å². The van der Waals surface area contributed by atoms with Crippen molar-refractivity contribution < 1.29 is 22.6 Å². The number of aromatic nitrogens is 3. The lowest BCUT2D eigenvalue weighted by atomic mass is 10.1. The van der Waals surface area contributed by atoms with Gasteiger partial charge in [0.2, 0.25) is 0 Å². The van der Waals surface area contributed by atoms with Crippen molar-refractivity contribution in [3.8, 4) is 17.0 Å². The highest BCUT2D eigenvalue weighted by Gasteiger charge is 2.58. The first kappa shape index (κ1) is 21.2. The molecule has 2 aromatic heterocycles. The number of alkyl halides is 3. The highest BCUT2D eigenvalue weighted by molar-refractivity contribution is 5.64. The highest BCUT2D eigenvalue weighted by atomic mass is 19.4. The van der Waals surface area contributed by atoms with E-state index in [4.69, 9.17) is 15.5 Å². The Kier molecular flexibility index (Phi) is 5.06. The monoisotopic (exact) mass is 463 g/mol. The number of rotatable bonds is 5. The van der Waals surface area contributed by atoms with E-state index in [9.17, 15) is 13.2 Å². The average molecular weight is 464 g/mol. The van der Waals surface area contributed by atoms with Gasteiger partial charge in [-0.05, 0) is 50.0 Å². The second-order valence-electron chi connectivity index (χ2n) is 9.77. The summed E-state index contributed by atoms with van der Waals surface area (Å²) in [6, 6.07) is 2.35. The number of anilines is 1. The summed E-state index contributed by atoms with van der Waals surface area (Å²) >= 11 is 0. The van der Waals surface area contributed by atoms with Crippen LogP contribution in [0.15, 0.2) is 18.5 Å². The number of fused-ring (bicyclic) bond motifs is 1. The van der Waals surface area contributed by atoms with Crippen LogP contribution in [-0.2, 0) is 4.74 Å². The van der Waals surface area contributed by atoms with E-state index in [0.29, 0.717) is 41.1 Å². The average Bonchev–Trinajstić information content (AvgIpc) is 3.66. The first-order chi connectivity index (χ1) is 15.9. The highest BCUT2D eigenvalue weighted by Crippen LogP contribution is 2.62. The van der Waals surface area contributed by atoms with E-state index in [2.05, 4.69) is 19.2 Å². The van der Waals surface area contributed by atoms with E-state index in [1.807, 2.05) is 6.20 Å². The zero-order chi connectivity index (χ0) is 22.7. The van der Waals surface area contributed by atoms with Crippen LogP contribution in [0.1, 0.15) is 49.9 Å². The zero-order valence-corrected chi connectivity index (χ0v) is 18.3. The van der Waals surface area contributed by atoms with Gasteiger partial charge in [-0.1, -0.05) is 0 Å². The van der Waals surface area contributed by atoms with Crippen molar-refractivity contribution in [2.75, 3.05) is 32.0 Å². The molecule has 0 amide bonds. The molecule has 4 aliphatic rings. The summed E-state index contributed by atoms with van der Waals surface area (Å²) < 4.78 is 50.2. The Morgan fingerprint density at radius 3 is 2.64 bits per heavy atom. The number of hydrogen-bond donors (Lipinski definition) is 1. The van der Waals surface area contributed by atoms with Crippen molar-refractivity contribution in [3.63, 3.8) is 0 Å². The maximum atomic E-state index is 12.7. The SMILES string of the molecule is Nc1ncc(-c2cn(C3C4CC(N5CCCOCC5)CC43)c(C3CC3)n2)cc1OC(F)(F)F. The fourth-order valence-corrected chi connectivity index (χ4v) is 5.85. The lowest BCUT2D eigenvalue weighted by Crippen LogP contribution is -2.36. The summed E-state index contributed by atoms with van der Waals surface area (Å²) in [6.45, 7) is 3.81. The largest absolute Gasteiger partial charge is 0.573 e. The summed E-state index contributed by atoms with van der Waals surface area (Å²) in [5.74, 6) is 2.00. The fraction of sp³-hybridized carbons (Fsp3) is 0.652. The van der Waals surface area contributed by atoms with Crippen LogP contribution in [0.5, 0.6) is 5.75 Å². The van der Waals surface area contributed by atoms with E-state index in [1.165, 1.54) is 25.1 Å². The van der Waals surface area contributed by atoms with Crippen LogP contribution >= 0.6 is 0 Å². The third-order valence-electron chi connectivity index (χ3n) is 7.58. The van der Waals surface area contributed by atoms with Crippen LogP contribution in [0.4, 0.5) is 19.0 Å². The van der Waals surface area contributed by atoms with Crippen LogP contribution in [0.25, 0.3) is 11.3 Å². The topological polar surface area (TPSA) is 78.4 Å². The number of hydrogen-bond acceptors (Lipinski definition) is 6. The van der Waals surface area contributed by atoms with E-state index in [-0.39, 0.29) is 5.82 Å². The first-order valence-electron chi connectivity index (χ1n) is 11.8. The minimum absolute atomic E-state index is 0.292. The summed E-state index contributed by atoms with van der Waals surface area (Å²) in [5, 5.41) is 0. The number of halogens is 3. The molecule has 2 aromatic rings. The lowest BCUT2D eigenvalue weighted by molar-refractivity contribution is -0.274. The summed E-state index contributed by atoms with van der Waals surface area (Å²) in [5.41, 5.74) is 6.71. The molecule has 0 bridgehead atoms. The Hall–Kier alpha value is -2.33. The Morgan fingerprint density at radius 1 is 1.12 bits per heavy atom. The van der Waals surface area contributed by atoms with E-state index in [1.54, 1.807) is 0 Å².